The molecule has 0 bridgehead atoms. The quantitative estimate of drug-likeness (QED) is 0.800. The van der Waals surface area contributed by atoms with Crippen molar-refractivity contribution in [2.45, 2.75) is 18.9 Å². The number of esters is 1. The summed E-state index contributed by atoms with van der Waals surface area (Å²) in [6.07, 6.45) is 5.71. The zero-order chi connectivity index (χ0) is 12.8. The molecule has 0 atom stereocenters. The zero-order valence-electron chi connectivity index (χ0n) is 10.6. The summed E-state index contributed by atoms with van der Waals surface area (Å²) in [6.45, 7) is 2.31. The van der Waals surface area contributed by atoms with Crippen LogP contribution in [0.4, 0.5) is 5.69 Å². The molecule has 1 aromatic heterocycles. The number of carbonyl (C=O) groups is 1. The van der Waals surface area contributed by atoms with E-state index in [0.717, 1.165) is 25.9 Å². The fourth-order valence-corrected chi connectivity index (χ4v) is 2.20. The fourth-order valence-electron chi connectivity index (χ4n) is 2.20. The Labute approximate surface area is 107 Å². The molecular weight excluding hydrogens is 230 g/mol. The number of methoxy groups -OCH3 is 1. The number of pyridine rings is 1. The minimum absolute atomic E-state index is 0.202. The van der Waals surface area contributed by atoms with Crippen LogP contribution in [0, 0.1) is 0 Å². The van der Waals surface area contributed by atoms with E-state index in [4.69, 9.17) is 0 Å². The SMILES string of the molecule is COC(=O)CNC1CCN(c2ccncc2)CC1. The summed E-state index contributed by atoms with van der Waals surface area (Å²) < 4.78 is 4.61. The molecule has 1 fully saturated rings. The number of carbonyl (C=O) groups excluding carboxylic acids is 1. The van der Waals surface area contributed by atoms with Gasteiger partial charge in [0.15, 0.2) is 0 Å². The van der Waals surface area contributed by atoms with E-state index < -0.39 is 0 Å². The molecule has 1 aliphatic heterocycles. The summed E-state index contributed by atoms with van der Waals surface area (Å²) in [4.78, 5) is 17.4. The van der Waals surface area contributed by atoms with Crippen molar-refractivity contribution < 1.29 is 9.53 Å². The van der Waals surface area contributed by atoms with E-state index in [-0.39, 0.29) is 5.97 Å². The van der Waals surface area contributed by atoms with E-state index in [1.165, 1.54) is 12.8 Å². The van der Waals surface area contributed by atoms with Gasteiger partial charge in [0.2, 0.25) is 0 Å². The predicted molar refractivity (Wildman–Crippen MR) is 69.5 cm³/mol. The molecule has 5 nitrogen and oxygen atoms in total. The van der Waals surface area contributed by atoms with Crippen molar-refractivity contribution in [3.8, 4) is 0 Å². The smallest absolute Gasteiger partial charge is 0.319 e. The lowest BCUT2D eigenvalue weighted by Crippen LogP contribution is -2.44. The maximum Gasteiger partial charge on any atom is 0.319 e. The summed E-state index contributed by atoms with van der Waals surface area (Å²) in [6, 6.07) is 4.46. The van der Waals surface area contributed by atoms with Crippen molar-refractivity contribution in [2.75, 3.05) is 31.6 Å². The van der Waals surface area contributed by atoms with Crippen molar-refractivity contribution >= 4 is 11.7 Å². The number of rotatable bonds is 4. The first-order chi connectivity index (χ1) is 8.79. The van der Waals surface area contributed by atoms with Gasteiger partial charge in [-0.1, -0.05) is 0 Å². The third kappa shape index (κ3) is 3.43. The molecular formula is C13H19N3O2. The largest absolute Gasteiger partial charge is 0.468 e. The normalized spacial score (nSPS) is 16.6. The highest BCUT2D eigenvalue weighted by Gasteiger charge is 2.19. The van der Waals surface area contributed by atoms with Gasteiger partial charge in [0.1, 0.15) is 0 Å². The van der Waals surface area contributed by atoms with Gasteiger partial charge in [-0.3, -0.25) is 9.78 Å². The minimum atomic E-state index is -0.202. The molecule has 1 saturated heterocycles. The van der Waals surface area contributed by atoms with Gasteiger partial charge in [0, 0.05) is 37.2 Å². The Bertz CT molecular complexity index is 375. The summed E-state index contributed by atoms with van der Waals surface area (Å²) in [5, 5.41) is 3.23. The second-order valence-corrected chi connectivity index (χ2v) is 4.42. The molecule has 0 aliphatic carbocycles. The van der Waals surface area contributed by atoms with E-state index in [2.05, 4.69) is 19.9 Å². The van der Waals surface area contributed by atoms with Crippen molar-refractivity contribution in [2.24, 2.45) is 0 Å². The molecule has 0 spiro atoms. The van der Waals surface area contributed by atoms with Gasteiger partial charge in [0.05, 0.1) is 13.7 Å². The molecule has 0 amide bonds. The first-order valence-corrected chi connectivity index (χ1v) is 6.25. The van der Waals surface area contributed by atoms with Gasteiger partial charge in [0.25, 0.3) is 0 Å². The Kier molecular flexibility index (Phi) is 4.52. The summed E-state index contributed by atoms with van der Waals surface area (Å²) in [5.74, 6) is -0.202. The molecule has 1 N–H and O–H groups in total. The van der Waals surface area contributed by atoms with Gasteiger partial charge >= 0.3 is 5.97 Å². The van der Waals surface area contributed by atoms with Crippen molar-refractivity contribution in [3.63, 3.8) is 0 Å². The molecule has 5 heteroatoms. The molecule has 1 aromatic rings. The first kappa shape index (κ1) is 12.8. The standard InChI is InChI=1S/C13H19N3O2/c1-18-13(17)10-15-11-4-8-16(9-5-11)12-2-6-14-7-3-12/h2-3,6-7,11,15H,4-5,8-10H2,1H3. The number of aromatic nitrogens is 1. The van der Waals surface area contributed by atoms with Crippen LogP contribution < -0.4 is 10.2 Å². The monoisotopic (exact) mass is 249 g/mol. The Morgan fingerprint density at radius 1 is 1.44 bits per heavy atom. The molecule has 2 rings (SSSR count). The highest BCUT2D eigenvalue weighted by molar-refractivity contribution is 5.71. The number of ether oxygens (including phenoxy) is 1. The van der Waals surface area contributed by atoms with Crippen LogP contribution >= 0.6 is 0 Å². The summed E-state index contributed by atoms with van der Waals surface area (Å²) in [5.41, 5.74) is 1.22. The lowest BCUT2D eigenvalue weighted by molar-refractivity contribution is -0.139. The lowest BCUT2D eigenvalue weighted by Gasteiger charge is -2.33. The van der Waals surface area contributed by atoms with Crippen LogP contribution in [-0.4, -0.2) is 43.7 Å². The van der Waals surface area contributed by atoms with Crippen LogP contribution in [0.3, 0.4) is 0 Å². The molecule has 18 heavy (non-hydrogen) atoms. The van der Waals surface area contributed by atoms with Gasteiger partial charge in [-0.05, 0) is 25.0 Å². The van der Waals surface area contributed by atoms with Gasteiger partial charge < -0.3 is 15.0 Å². The Morgan fingerprint density at radius 3 is 2.72 bits per heavy atom. The number of piperidine rings is 1. The molecule has 0 unspecified atom stereocenters. The fraction of sp³-hybridized carbons (Fsp3) is 0.538. The van der Waals surface area contributed by atoms with E-state index in [0.29, 0.717) is 12.6 Å². The van der Waals surface area contributed by atoms with Crippen molar-refractivity contribution in [3.05, 3.63) is 24.5 Å². The predicted octanol–water partition coefficient (Wildman–Crippen LogP) is 0.813. The number of anilines is 1. The van der Waals surface area contributed by atoms with E-state index in [1.54, 1.807) is 0 Å². The van der Waals surface area contributed by atoms with Crippen LogP contribution in [0.2, 0.25) is 0 Å². The average molecular weight is 249 g/mol. The molecule has 1 aliphatic rings. The number of hydrogen-bond acceptors (Lipinski definition) is 5. The topological polar surface area (TPSA) is 54.5 Å². The molecule has 0 saturated carbocycles. The summed E-state index contributed by atoms with van der Waals surface area (Å²) >= 11 is 0. The van der Waals surface area contributed by atoms with Crippen LogP contribution in [0.15, 0.2) is 24.5 Å². The minimum Gasteiger partial charge on any atom is -0.468 e. The van der Waals surface area contributed by atoms with Crippen LogP contribution in [0.1, 0.15) is 12.8 Å². The van der Waals surface area contributed by atoms with Gasteiger partial charge in [-0.15, -0.1) is 0 Å². The maximum atomic E-state index is 11.0. The lowest BCUT2D eigenvalue weighted by atomic mass is 10.0. The number of nitrogens with zero attached hydrogens (tertiary/aromatic N) is 2. The molecule has 0 aromatic carbocycles. The van der Waals surface area contributed by atoms with E-state index in [1.807, 2.05) is 24.5 Å². The van der Waals surface area contributed by atoms with Gasteiger partial charge in [-0.25, -0.2) is 0 Å². The van der Waals surface area contributed by atoms with Crippen molar-refractivity contribution in [1.82, 2.24) is 10.3 Å². The van der Waals surface area contributed by atoms with Crippen LogP contribution in [0.5, 0.6) is 0 Å². The summed E-state index contributed by atoms with van der Waals surface area (Å²) in [7, 11) is 1.41. The molecule has 98 valence electrons. The third-order valence-corrected chi connectivity index (χ3v) is 3.29. The Balaban J connectivity index is 1.76. The highest BCUT2D eigenvalue weighted by Crippen LogP contribution is 2.18. The van der Waals surface area contributed by atoms with Gasteiger partial charge in [-0.2, -0.15) is 0 Å². The first-order valence-electron chi connectivity index (χ1n) is 6.25. The average Bonchev–Trinajstić information content (AvgIpc) is 2.46. The van der Waals surface area contributed by atoms with E-state index in [9.17, 15) is 4.79 Å². The Hall–Kier alpha value is -1.62. The molecule has 0 radical (unpaired) electrons. The number of nitrogens with one attached hydrogen (secondary N) is 1. The second kappa shape index (κ2) is 6.35. The zero-order valence-corrected chi connectivity index (χ0v) is 10.6. The second-order valence-electron chi connectivity index (χ2n) is 4.42. The maximum absolute atomic E-state index is 11.0. The Morgan fingerprint density at radius 2 is 2.11 bits per heavy atom. The number of hydrogen-bond donors (Lipinski definition) is 1. The highest BCUT2D eigenvalue weighted by atomic mass is 16.5. The third-order valence-electron chi connectivity index (χ3n) is 3.29. The van der Waals surface area contributed by atoms with Crippen LogP contribution in [0.25, 0.3) is 0 Å². The van der Waals surface area contributed by atoms with Crippen LogP contribution in [-0.2, 0) is 9.53 Å². The van der Waals surface area contributed by atoms with Crippen molar-refractivity contribution in [1.29, 1.82) is 0 Å². The molecule has 2 heterocycles. The van der Waals surface area contributed by atoms with E-state index >= 15 is 0 Å².